The highest BCUT2D eigenvalue weighted by molar-refractivity contribution is 5.90. The van der Waals surface area contributed by atoms with E-state index in [1.165, 1.54) is 0 Å². The molecule has 21 heavy (non-hydrogen) atoms. The van der Waals surface area contributed by atoms with Crippen molar-refractivity contribution in [3.63, 3.8) is 0 Å². The van der Waals surface area contributed by atoms with Gasteiger partial charge in [-0.05, 0) is 31.9 Å². The Bertz CT molecular complexity index is 515. The molecule has 2 amide bonds. The predicted molar refractivity (Wildman–Crippen MR) is 78.5 cm³/mol. The smallest absolute Gasteiger partial charge is 0.322 e. The molecule has 1 spiro atoms. The molecule has 0 aromatic carbocycles. The standard InChI is InChI=1S/C15H21N3O3/c1-2-21-13-12(4-3-7-16-13)17-14(19)18-8-5-15(10-18)6-9-20-11-15/h3-4,7H,2,5-6,8-11H2,1H3,(H,17,19). The lowest BCUT2D eigenvalue weighted by molar-refractivity contribution is 0.154. The molecule has 0 saturated carbocycles. The van der Waals surface area contributed by atoms with Crippen molar-refractivity contribution in [3.8, 4) is 5.88 Å². The molecule has 114 valence electrons. The highest BCUT2D eigenvalue weighted by atomic mass is 16.5. The van der Waals surface area contributed by atoms with Gasteiger partial charge in [0, 0.05) is 31.3 Å². The van der Waals surface area contributed by atoms with Crippen molar-refractivity contribution in [1.82, 2.24) is 9.88 Å². The van der Waals surface area contributed by atoms with Gasteiger partial charge in [0.05, 0.1) is 13.2 Å². The molecule has 0 bridgehead atoms. The van der Waals surface area contributed by atoms with Gasteiger partial charge in [-0.1, -0.05) is 0 Å². The van der Waals surface area contributed by atoms with E-state index in [0.29, 0.717) is 18.2 Å². The fourth-order valence-corrected chi connectivity index (χ4v) is 3.01. The summed E-state index contributed by atoms with van der Waals surface area (Å²) in [7, 11) is 0. The van der Waals surface area contributed by atoms with Gasteiger partial charge in [-0.2, -0.15) is 0 Å². The quantitative estimate of drug-likeness (QED) is 0.926. The molecule has 0 radical (unpaired) electrons. The lowest BCUT2D eigenvalue weighted by Crippen LogP contribution is -2.35. The van der Waals surface area contributed by atoms with Crippen molar-refractivity contribution < 1.29 is 14.3 Å². The zero-order valence-electron chi connectivity index (χ0n) is 12.3. The van der Waals surface area contributed by atoms with Crippen LogP contribution in [0.4, 0.5) is 10.5 Å². The average Bonchev–Trinajstić information content (AvgIpc) is 3.12. The van der Waals surface area contributed by atoms with E-state index < -0.39 is 0 Å². The highest BCUT2D eigenvalue weighted by Crippen LogP contribution is 2.38. The van der Waals surface area contributed by atoms with Crippen LogP contribution >= 0.6 is 0 Å². The summed E-state index contributed by atoms with van der Waals surface area (Å²) in [4.78, 5) is 18.4. The number of nitrogens with one attached hydrogen (secondary N) is 1. The summed E-state index contributed by atoms with van der Waals surface area (Å²) >= 11 is 0. The van der Waals surface area contributed by atoms with Crippen molar-refractivity contribution in [1.29, 1.82) is 0 Å². The third kappa shape index (κ3) is 2.95. The fraction of sp³-hybridized carbons (Fsp3) is 0.600. The van der Waals surface area contributed by atoms with Crippen molar-refractivity contribution in [2.45, 2.75) is 19.8 Å². The van der Waals surface area contributed by atoms with E-state index >= 15 is 0 Å². The number of rotatable bonds is 3. The first kappa shape index (κ1) is 14.1. The highest BCUT2D eigenvalue weighted by Gasteiger charge is 2.42. The summed E-state index contributed by atoms with van der Waals surface area (Å²) in [6.45, 7) is 5.54. The van der Waals surface area contributed by atoms with Gasteiger partial charge in [0.1, 0.15) is 5.69 Å². The van der Waals surface area contributed by atoms with Crippen LogP contribution < -0.4 is 10.1 Å². The van der Waals surface area contributed by atoms with E-state index in [2.05, 4.69) is 10.3 Å². The van der Waals surface area contributed by atoms with Crippen molar-refractivity contribution >= 4 is 11.7 Å². The largest absolute Gasteiger partial charge is 0.476 e. The van der Waals surface area contributed by atoms with E-state index in [9.17, 15) is 4.79 Å². The molecule has 3 heterocycles. The molecule has 2 aliphatic heterocycles. The minimum absolute atomic E-state index is 0.0901. The second-order valence-electron chi connectivity index (χ2n) is 5.69. The van der Waals surface area contributed by atoms with Crippen LogP contribution in [0.25, 0.3) is 0 Å². The van der Waals surface area contributed by atoms with Gasteiger partial charge in [-0.3, -0.25) is 0 Å². The minimum atomic E-state index is -0.0901. The Balaban J connectivity index is 1.64. The van der Waals surface area contributed by atoms with Gasteiger partial charge in [0.25, 0.3) is 0 Å². The molecule has 2 aliphatic rings. The van der Waals surface area contributed by atoms with E-state index in [4.69, 9.17) is 9.47 Å². The van der Waals surface area contributed by atoms with E-state index in [-0.39, 0.29) is 11.4 Å². The van der Waals surface area contributed by atoms with Gasteiger partial charge in [-0.25, -0.2) is 9.78 Å². The normalized spacial score (nSPS) is 24.5. The number of carbonyl (C=O) groups excluding carboxylic acids is 1. The number of urea groups is 1. The lowest BCUT2D eigenvalue weighted by atomic mass is 9.87. The number of likely N-dealkylation sites (tertiary alicyclic amines) is 1. The Kier molecular flexibility index (Phi) is 3.96. The number of nitrogens with zero attached hydrogens (tertiary/aromatic N) is 2. The molecular weight excluding hydrogens is 270 g/mol. The summed E-state index contributed by atoms with van der Waals surface area (Å²) in [5, 5.41) is 2.90. The Hall–Kier alpha value is -1.82. The van der Waals surface area contributed by atoms with Crippen molar-refractivity contribution in [2.75, 3.05) is 38.2 Å². The topological polar surface area (TPSA) is 63.7 Å². The molecule has 6 heteroatoms. The summed E-state index contributed by atoms with van der Waals surface area (Å²) in [6, 6.07) is 3.50. The second kappa shape index (κ2) is 5.89. The third-order valence-electron chi connectivity index (χ3n) is 4.20. The number of anilines is 1. The summed E-state index contributed by atoms with van der Waals surface area (Å²) < 4.78 is 10.9. The van der Waals surface area contributed by atoms with Gasteiger partial charge in [-0.15, -0.1) is 0 Å². The monoisotopic (exact) mass is 291 g/mol. The predicted octanol–water partition coefficient (Wildman–Crippen LogP) is 2.12. The summed E-state index contributed by atoms with van der Waals surface area (Å²) in [6.07, 6.45) is 3.72. The Labute approximate surface area is 124 Å². The number of pyridine rings is 1. The van der Waals surface area contributed by atoms with Crippen LogP contribution in [0.1, 0.15) is 19.8 Å². The lowest BCUT2D eigenvalue weighted by Gasteiger charge is -2.22. The van der Waals surface area contributed by atoms with Crippen LogP contribution in [-0.2, 0) is 4.74 Å². The summed E-state index contributed by atoms with van der Waals surface area (Å²) in [5.74, 6) is 0.464. The number of carbonyl (C=O) groups is 1. The molecule has 2 saturated heterocycles. The molecule has 6 nitrogen and oxygen atoms in total. The molecule has 1 N–H and O–H groups in total. The van der Waals surface area contributed by atoms with E-state index in [1.54, 1.807) is 18.3 Å². The van der Waals surface area contributed by atoms with Crippen LogP contribution in [-0.4, -0.2) is 48.8 Å². The number of hydrogen-bond donors (Lipinski definition) is 1. The Morgan fingerprint density at radius 3 is 3.24 bits per heavy atom. The SMILES string of the molecule is CCOc1ncccc1NC(=O)N1CCC2(CCOC2)C1. The van der Waals surface area contributed by atoms with Crippen molar-refractivity contribution in [2.24, 2.45) is 5.41 Å². The maximum Gasteiger partial charge on any atom is 0.322 e. The van der Waals surface area contributed by atoms with Crippen LogP contribution in [0.15, 0.2) is 18.3 Å². The first-order valence-corrected chi connectivity index (χ1v) is 7.44. The first-order valence-electron chi connectivity index (χ1n) is 7.44. The number of hydrogen-bond acceptors (Lipinski definition) is 4. The molecule has 2 fully saturated rings. The van der Waals surface area contributed by atoms with Crippen molar-refractivity contribution in [3.05, 3.63) is 18.3 Å². The zero-order valence-corrected chi connectivity index (χ0v) is 12.3. The van der Waals surface area contributed by atoms with Gasteiger partial charge < -0.3 is 19.7 Å². The van der Waals surface area contributed by atoms with Crippen LogP contribution in [0.3, 0.4) is 0 Å². The molecule has 1 aromatic heterocycles. The molecule has 3 rings (SSSR count). The second-order valence-corrected chi connectivity index (χ2v) is 5.69. The maximum absolute atomic E-state index is 12.4. The van der Waals surface area contributed by atoms with Gasteiger partial charge in [0.2, 0.25) is 5.88 Å². The van der Waals surface area contributed by atoms with Crippen LogP contribution in [0, 0.1) is 5.41 Å². The minimum Gasteiger partial charge on any atom is -0.476 e. The number of aromatic nitrogens is 1. The number of amides is 2. The van der Waals surface area contributed by atoms with Gasteiger partial charge >= 0.3 is 6.03 Å². The van der Waals surface area contributed by atoms with Crippen LogP contribution in [0.5, 0.6) is 5.88 Å². The molecule has 1 unspecified atom stereocenters. The summed E-state index contributed by atoms with van der Waals surface area (Å²) in [5.41, 5.74) is 0.794. The van der Waals surface area contributed by atoms with E-state index in [1.807, 2.05) is 11.8 Å². The Morgan fingerprint density at radius 1 is 1.57 bits per heavy atom. The third-order valence-corrected chi connectivity index (χ3v) is 4.20. The average molecular weight is 291 g/mol. The molecular formula is C15H21N3O3. The zero-order chi connectivity index (χ0) is 14.7. The van der Waals surface area contributed by atoms with E-state index in [0.717, 1.165) is 39.1 Å². The molecule has 1 aromatic rings. The van der Waals surface area contributed by atoms with Crippen LogP contribution in [0.2, 0.25) is 0 Å². The fourth-order valence-electron chi connectivity index (χ4n) is 3.01. The maximum atomic E-state index is 12.4. The molecule has 0 aliphatic carbocycles. The molecule has 1 atom stereocenters. The number of ether oxygens (including phenoxy) is 2. The Morgan fingerprint density at radius 2 is 2.48 bits per heavy atom. The first-order chi connectivity index (χ1) is 10.2. The van der Waals surface area contributed by atoms with Gasteiger partial charge in [0.15, 0.2) is 0 Å².